The highest BCUT2D eigenvalue weighted by Crippen LogP contribution is 2.39. The summed E-state index contributed by atoms with van der Waals surface area (Å²) in [6.07, 6.45) is -9.96. The first kappa shape index (κ1) is 84.8. The molecule has 44 heteroatoms. The van der Waals surface area contributed by atoms with Crippen molar-refractivity contribution in [1.29, 1.82) is 5.41 Å². The highest BCUT2D eigenvalue weighted by atomic mass is 31.2. The van der Waals surface area contributed by atoms with Gasteiger partial charge in [-0.3, -0.25) is 29.1 Å². The van der Waals surface area contributed by atoms with Gasteiger partial charge >= 0.3 is 37.7 Å². The fourth-order valence-electron chi connectivity index (χ4n) is 10.9. The Morgan fingerprint density at radius 1 is 0.609 bits per heavy atom. The number of carbonyl (C=O) groups is 5. The van der Waals surface area contributed by atoms with Crippen molar-refractivity contribution in [3.05, 3.63) is 102 Å². The van der Waals surface area contributed by atoms with Gasteiger partial charge in [0.2, 0.25) is 70.8 Å². The lowest BCUT2D eigenvalue weighted by atomic mass is 10.0. The van der Waals surface area contributed by atoms with Gasteiger partial charge in [0.05, 0.1) is 32.0 Å². The molecule has 3 aromatic carbocycles. The maximum absolute atomic E-state index is 15.1. The highest BCUT2D eigenvalue weighted by Gasteiger charge is 2.44. The number of carbonyl (C=O) groups excluding carboxylic acids is 1. The molecular weight excluding hydrogens is 1480 g/mol. The van der Waals surface area contributed by atoms with Gasteiger partial charge in [0.25, 0.3) is 0 Å². The molecule has 2 aliphatic heterocycles. The molecule has 7 rings (SSSR count). The number of aliphatic carboxylic acids is 4. The number of H-pyrrole nitrogens is 2. The Morgan fingerprint density at radius 2 is 1.10 bits per heavy atom. The molecule has 2 aliphatic rings. The number of nitrogens with zero attached hydrogens (tertiary/aromatic N) is 11. The van der Waals surface area contributed by atoms with E-state index in [9.17, 15) is 125 Å². The van der Waals surface area contributed by atoms with Crippen LogP contribution in [0.4, 0.5) is 0 Å². The topological polar surface area (TPSA) is 729 Å². The second kappa shape index (κ2) is 38.4. The summed E-state index contributed by atoms with van der Waals surface area (Å²) < 4.78 is 28.3. The van der Waals surface area contributed by atoms with Gasteiger partial charge in [0.1, 0.15) is 48.6 Å². The number of phosphoric acid groups is 1. The largest absolute Gasteiger partial charge is 0.508 e. The van der Waals surface area contributed by atoms with Crippen LogP contribution in [0.25, 0.3) is 21.8 Å². The lowest BCUT2D eigenvalue weighted by Crippen LogP contribution is -2.42. The molecule has 110 heavy (non-hydrogen) atoms. The van der Waals surface area contributed by atoms with Gasteiger partial charge in [-0.25, -0.2) is 64.3 Å². The quantitative estimate of drug-likeness (QED) is 0.0125. The van der Waals surface area contributed by atoms with Crippen LogP contribution in [0, 0.1) is 5.41 Å². The third kappa shape index (κ3) is 24.3. The number of cyclic esters (lactones) is 1. The summed E-state index contributed by atoms with van der Waals surface area (Å²) in [7, 11) is -5.97. The zero-order valence-electron chi connectivity index (χ0n) is 57.9. The number of carboxylic acid groups (broad SMARTS) is 4. The molecule has 0 spiro atoms. The van der Waals surface area contributed by atoms with Gasteiger partial charge in [0.15, 0.2) is 42.4 Å². The second-order valence-electron chi connectivity index (χ2n) is 24.6. The number of phosphoric ester groups is 1. The van der Waals surface area contributed by atoms with E-state index in [1.165, 1.54) is 12.4 Å². The molecule has 0 saturated carbocycles. The van der Waals surface area contributed by atoms with Gasteiger partial charge in [-0.2, -0.15) is 0 Å². The van der Waals surface area contributed by atoms with Crippen LogP contribution in [0.2, 0.25) is 0 Å². The first-order valence-electron chi connectivity index (χ1n) is 33.1. The molecular formula is C66H79N14O29P. The molecule has 14 atom stereocenters. The number of benzene rings is 3. The average molecular weight is 1560 g/mol. The average Bonchev–Trinajstić information content (AvgIpc) is 1.86. The molecule has 592 valence electrons. The molecule has 23 N–H and O–H groups in total. The Labute approximate surface area is 619 Å². The van der Waals surface area contributed by atoms with Crippen molar-refractivity contribution in [3.63, 3.8) is 0 Å². The van der Waals surface area contributed by atoms with Crippen molar-refractivity contribution in [2.45, 2.75) is 156 Å². The van der Waals surface area contributed by atoms with E-state index < -0.39 is 257 Å². The van der Waals surface area contributed by atoms with Gasteiger partial charge < -0.3 is 121 Å². The van der Waals surface area contributed by atoms with Gasteiger partial charge in [-0.1, -0.05) is 61.9 Å². The van der Waals surface area contributed by atoms with Crippen LogP contribution in [-0.4, -0.2) is 304 Å². The zero-order valence-corrected chi connectivity index (χ0v) is 58.8. The molecule has 43 nitrogen and oxygen atoms in total. The molecule has 0 radical (unpaired) electrons. The number of aromatic hydroxyl groups is 1. The number of aromatic amines is 2. The predicted molar refractivity (Wildman–Crippen MR) is 392 cm³/mol. The van der Waals surface area contributed by atoms with Crippen LogP contribution in [0.3, 0.4) is 0 Å². The summed E-state index contributed by atoms with van der Waals surface area (Å²) in [6.45, 7) is 0.252. The van der Waals surface area contributed by atoms with Gasteiger partial charge in [-0.15, -0.1) is 0 Å². The van der Waals surface area contributed by atoms with E-state index in [4.69, 9.17) is 14.9 Å². The Kier molecular flexibility index (Phi) is 29.6. The lowest BCUT2D eigenvalue weighted by Gasteiger charge is -2.24. The van der Waals surface area contributed by atoms with E-state index >= 15 is 4.79 Å². The standard InChI is InChI=1S/C66H79N14O29P/c1-3-8-44-53(108-44)65(102)77-43(27-81)61(98)79-50-28(2)107-66(103)42(20-31-25-69-36-12-7-5-10-34(31)36)76-57(94)37(17-18-46(84)85)71-64(101)52(54(55(67)92)109-110(104,105)106)78-45(83)26-70-56(93)39(21-47(86)87)75-63(100)51(29-13-15-32(82)16-14-29)80-60(97)41(23-49(90)91)73-59(96)40(22-48(88)89)72-58(95)38(74-62(50)99)19-30-24-68-35-11-6-4-9-33(30)35/h4-7,9-16,24-25,28,37-44,50-54,68-69,81-82H,3,8,17-23,26-27H2,1-2H3,(H2,67,92)(H,70,93)(H,71,101)(H,72,95)(H,73,96)(H,74,99)(H,75,100)(H,76,94)(H,77,102)(H,78,83)(H,79,98)(H,80,97)(H,84,85)(H,86,87)(H,88,89)(H,90,91)(H2,104,105,106). The molecule has 14 unspecified atom stereocenters. The van der Waals surface area contributed by atoms with Crippen LogP contribution in [0.5, 0.6) is 5.75 Å². The summed E-state index contributed by atoms with van der Waals surface area (Å²) in [5, 5.41) is 210. The van der Waals surface area contributed by atoms with E-state index in [0.29, 0.717) is 34.6 Å². The smallest absolute Gasteiger partial charge is 0.470 e. The van der Waals surface area contributed by atoms with Crippen LogP contribution >= 0.6 is 7.82 Å². The molecule has 0 amide bonds. The SMILES string of the molecule is CCCC1OC1C(O)=NC(CO)C(O)=NC1C(O)=NC(Cc2c[nH]c3ccccc23)C(O)=NC(CC(=O)O)C(O)=NC(CC(=O)O)C(O)=NC(c2ccc(O)cc2)C(O)=NC(CC(=O)O)C(O)=NCC(O)=NC(C(OP(=O)(O)O)C(=N)O)C(O)=NC(CCC(=O)O)C(O)=NC(Cc2c[nH]c3ccccc23)C(=O)OC1C. The number of hydrogen-bond donors (Lipinski definition) is 23. The summed E-state index contributed by atoms with van der Waals surface area (Å²) >= 11 is 0. The van der Waals surface area contributed by atoms with E-state index in [1.807, 2.05) is 6.92 Å². The first-order chi connectivity index (χ1) is 51.9. The number of phenols is 1. The number of hydrogen-bond acceptors (Lipinski definition) is 23. The van der Waals surface area contributed by atoms with Crippen molar-refractivity contribution in [2.24, 2.45) is 54.9 Å². The third-order valence-corrected chi connectivity index (χ3v) is 16.8. The number of ether oxygens (including phenoxy) is 2. The first-order valence-corrected chi connectivity index (χ1v) is 34.6. The molecule has 0 bridgehead atoms. The minimum Gasteiger partial charge on any atom is -0.508 e. The van der Waals surface area contributed by atoms with Gasteiger partial charge in [-0.05, 0) is 60.7 Å². The second-order valence-corrected chi connectivity index (χ2v) is 25.8. The number of esters is 1. The maximum Gasteiger partial charge on any atom is 0.470 e. The lowest BCUT2D eigenvalue weighted by molar-refractivity contribution is -0.150. The molecule has 2 aromatic heterocycles. The van der Waals surface area contributed by atoms with E-state index in [1.54, 1.807) is 48.5 Å². The van der Waals surface area contributed by atoms with Crippen molar-refractivity contribution in [2.75, 3.05) is 13.2 Å². The minimum absolute atomic E-state index is 0.219. The van der Waals surface area contributed by atoms with Crippen LogP contribution in [-0.2, 0) is 55.4 Å². The molecule has 5 aromatic rings. The molecule has 1 fully saturated rings. The number of para-hydroxylation sites is 2. The predicted octanol–water partition coefficient (Wildman–Crippen LogP) is 4.53. The minimum atomic E-state index is -5.97. The molecule has 0 aliphatic carbocycles. The highest BCUT2D eigenvalue weighted by molar-refractivity contribution is 7.46. The number of aliphatic hydroxyl groups excluding tert-OH is 13. The number of carboxylic acids is 4. The fourth-order valence-corrected chi connectivity index (χ4v) is 11.4. The summed E-state index contributed by atoms with van der Waals surface area (Å²) in [5.74, 6) is -26.0. The Bertz CT molecular complexity index is 4580. The van der Waals surface area contributed by atoms with E-state index in [-0.39, 0.29) is 16.7 Å². The van der Waals surface area contributed by atoms with E-state index in [0.717, 1.165) is 31.2 Å². The summed E-state index contributed by atoms with van der Waals surface area (Å²) in [6, 6.07) is -5.86. The number of rotatable bonds is 25. The van der Waals surface area contributed by atoms with Crippen molar-refractivity contribution >= 4 is 130 Å². The van der Waals surface area contributed by atoms with Crippen LogP contribution < -0.4 is 0 Å². The fraction of sp³-hybridized carbons (Fsp3) is 0.409. The van der Waals surface area contributed by atoms with Gasteiger partial charge in [0, 0.05) is 53.5 Å². The number of nitrogens with one attached hydrogen (secondary N) is 3. The van der Waals surface area contributed by atoms with Crippen molar-refractivity contribution < 1.29 is 144 Å². The van der Waals surface area contributed by atoms with Crippen LogP contribution in [0.15, 0.2) is 140 Å². The molecule has 4 heterocycles. The number of epoxide rings is 1. The number of phenolic OH excluding ortho intramolecular Hbond substituents is 1. The third-order valence-electron chi connectivity index (χ3n) is 16.3. The zero-order chi connectivity index (χ0) is 81.0. The normalized spacial score (nSPS) is 24.4. The number of aromatic nitrogens is 2. The maximum atomic E-state index is 15.1. The Morgan fingerprint density at radius 3 is 1.63 bits per heavy atom. The molecule has 1 saturated heterocycles. The Balaban J connectivity index is 1.55. The monoisotopic (exact) mass is 1560 g/mol. The summed E-state index contributed by atoms with van der Waals surface area (Å²) in [5.41, 5.74) is 1.08. The van der Waals surface area contributed by atoms with Crippen molar-refractivity contribution in [1.82, 2.24) is 9.97 Å². The van der Waals surface area contributed by atoms with E-state index in [2.05, 4.69) is 69.4 Å². The summed E-state index contributed by atoms with van der Waals surface area (Å²) in [4.78, 5) is 134. The number of aliphatic hydroxyl groups is 13. The number of fused-ring (bicyclic) bond motifs is 2. The number of aliphatic imine (C=N–C) groups is 11. The Hall–Kier alpha value is -12.4. The van der Waals surface area contributed by atoms with Crippen LogP contribution in [0.1, 0.15) is 81.5 Å². The van der Waals surface area contributed by atoms with Crippen molar-refractivity contribution in [3.8, 4) is 5.75 Å².